The molecule has 7 nitrogen and oxygen atoms in total. The third kappa shape index (κ3) is 5.22. The molecule has 0 fully saturated rings. The summed E-state index contributed by atoms with van der Waals surface area (Å²) in [7, 11) is -4.20. The zero-order valence-corrected chi connectivity index (χ0v) is 19.2. The first-order chi connectivity index (χ1) is 16.3. The highest BCUT2D eigenvalue weighted by molar-refractivity contribution is 7.89. The zero-order valence-electron chi connectivity index (χ0n) is 18.4. The molecule has 2 N–H and O–H groups in total. The van der Waals surface area contributed by atoms with Crippen LogP contribution >= 0.6 is 0 Å². The van der Waals surface area contributed by atoms with Gasteiger partial charge in [-0.15, -0.1) is 0 Å². The first kappa shape index (κ1) is 23.3. The minimum Gasteiger partial charge on any atom is -0.351 e. The summed E-state index contributed by atoms with van der Waals surface area (Å²) in [4.78, 5) is 12.2. The molecule has 1 amide bonds. The van der Waals surface area contributed by atoms with E-state index in [0.717, 1.165) is 28.9 Å². The molecule has 0 bridgehead atoms. The second-order valence-corrected chi connectivity index (χ2v) is 9.32. The Morgan fingerprint density at radius 1 is 0.971 bits per heavy atom. The van der Waals surface area contributed by atoms with Gasteiger partial charge in [0.1, 0.15) is 10.7 Å². The van der Waals surface area contributed by atoms with Crippen LogP contribution in [0.1, 0.15) is 12.5 Å². The van der Waals surface area contributed by atoms with Gasteiger partial charge in [-0.05, 0) is 31.2 Å². The Kier molecular flexibility index (Phi) is 6.85. The number of carbonyl (C=O) groups excluding carboxylic acids is 1. The van der Waals surface area contributed by atoms with Crippen molar-refractivity contribution in [1.82, 2.24) is 19.8 Å². The fourth-order valence-corrected chi connectivity index (χ4v) is 4.72. The maximum atomic E-state index is 13.9. The van der Waals surface area contributed by atoms with E-state index in [4.69, 9.17) is 5.10 Å². The number of aromatic nitrogens is 2. The molecule has 0 aliphatic heterocycles. The van der Waals surface area contributed by atoms with Gasteiger partial charge in [-0.3, -0.25) is 4.79 Å². The van der Waals surface area contributed by atoms with E-state index >= 15 is 0 Å². The van der Waals surface area contributed by atoms with Gasteiger partial charge in [0.25, 0.3) is 0 Å². The molecule has 174 valence electrons. The Morgan fingerprint density at radius 2 is 1.59 bits per heavy atom. The fourth-order valence-electron chi connectivity index (χ4n) is 3.44. The molecule has 0 radical (unpaired) electrons. The lowest BCUT2D eigenvalue weighted by atomic mass is 10.1. The van der Waals surface area contributed by atoms with Gasteiger partial charge in [0.05, 0.1) is 17.4 Å². The van der Waals surface area contributed by atoms with Crippen LogP contribution in [-0.2, 0) is 21.4 Å². The molecule has 34 heavy (non-hydrogen) atoms. The van der Waals surface area contributed by atoms with Gasteiger partial charge in [0.2, 0.25) is 15.9 Å². The maximum absolute atomic E-state index is 13.9. The monoisotopic (exact) mass is 478 g/mol. The molecular weight excluding hydrogens is 455 g/mol. The molecule has 0 saturated carbocycles. The predicted molar refractivity (Wildman–Crippen MR) is 127 cm³/mol. The number of nitrogens with zero attached hydrogens (tertiary/aromatic N) is 2. The molecule has 1 heterocycles. The van der Waals surface area contributed by atoms with Crippen molar-refractivity contribution in [1.29, 1.82) is 0 Å². The van der Waals surface area contributed by atoms with Crippen LogP contribution in [0.3, 0.4) is 0 Å². The number of amides is 1. The second kappa shape index (κ2) is 9.98. The van der Waals surface area contributed by atoms with E-state index in [-0.39, 0.29) is 6.54 Å². The normalized spacial score (nSPS) is 12.3. The molecule has 1 aromatic heterocycles. The highest BCUT2D eigenvalue weighted by atomic mass is 32.2. The van der Waals surface area contributed by atoms with Gasteiger partial charge in [-0.25, -0.2) is 17.5 Å². The predicted octanol–water partition coefficient (Wildman–Crippen LogP) is 3.66. The quantitative estimate of drug-likeness (QED) is 0.404. The molecule has 0 aliphatic carbocycles. The van der Waals surface area contributed by atoms with E-state index in [1.54, 1.807) is 4.68 Å². The Balaban J connectivity index is 1.52. The van der Waals surface area contributed by atoms with Crippen LogP contribution in [0.4, 0.5) is 4.39 Å². The zero-order chi connectivity index (χ0) is 24.1. The minimum atomic E-state index is -4.20. The van der Waals surface area contributed by atoms with Crippen LogP contribution in [0.15, 0.2) is 96.0 Å². The minimum absolute atomic E-state index is 0.127. The lowest BCUT2D eigenvalue weighted by Gasteiger charge is -2.15. The number of rotatable bonds is 8. The standard InChI is InChI=1S/C25H23FN4O3S/c1-18(29-34(32,33)23-15-9-8-14-22(23)26)25(31)27-16-20-17-30(21-12-6-3-7-13-21)28-24(20)19-10-4-2-5-11-19/h2-15,17-18,29H,16H2,1H3,(H,27,31)/t18-/m0/s1. The third-order valence-electron chi connectivity index (χ3n) is 5.16. The Labute approximate surface area is 197 Å². The SMILES string of the molecule is C[C@H](NS(=O)(=O)c1ccccc1F)C(=O)NCc1cn(-c2ccccc2)nc1-c1ccccc1. The highest BCUT2D eigenvalue weighted by Gasteiger charge is 2.24. The number of benzene rings is 3. The largest absolute Gasteiger partial charge is 0.351 e. The number of para-hydroxylation sites is 1. The lowest BCUT2D eigenvalue weighted by molar-refractivity contribution is -0.122. The van der Waals surface area contributed by atoms with Gasteiger partial charge in [-0.2, -0.15) is 9.82 Å². The number of sulfonamides is 1. The van der Waals surface area contributed by atoms with Crippen LogP contribution in [0, 0.1) is 5.82 Å². The van der Waals surface area contributed by atoms with E-state index in [0.29, 0.717) is 5.69 Å². The van der Waals surface area contributed by atoms with Gasteiger partial charge in [0.15, 0.2) is 0 Å². The molecule has 0 unspecified atom stereocenters. The first-order valence-corrected chi connectivity index (χ1v) is 12.1. The topological polar surface area (TPSA) is 93.1 Å². The van der Waals surface area contributed by atoms with Crippen molar-refractivity contribution in [2.75, 3.05) is 0 Å². The Bertz CT molecular complexity index is 1390. The average Bonchev–Trinajstić information content (AvgIpc) is 3.28. The van der Waals surface area contributed by atoms with E-state index in [1.807, 2.05) is 66.9 Å². The first-order valence-electron chi connectivity index (χ1n) is 10.6. The molecule has 1 atom stereocenters. The summed E-state index contributed by atoms with van der Waals surface area (Å²) in [6, 6.07) is 23.0. The van der Waals surface area contributed by atoms with Crippen molar-refractivity contribution in [3.8, 4) is 16.9 Å². The van der Waals surface area contributed by atoms with Crippen molar-refractivity contribution in [3.63, 3.8) is 0 Å². The Hall–Kier alpha value is -3.82. The van der Waals surface area contributed by atoms with Crippen LogP contribution < -0.4 is 10.0 Å². The summed E-state index contributed by atoms with van der Waals surface area (Å²) in [6.45, 7) is 1.53. The number of hydrogen-bond acceptors (Lipinski definition) is 4. The van der Waals surface area contributed by atoms with Crippen molar-refractivity contribution in [2.24, 2.45) is 0 Å². The summed E-state index contributed by atoms with van der Waals surface area (Å²) in [5, 5.41) is 7.44. The summed E-state index contributed by atoms with van der Waals surface area (Å²) in [5.41, 5.74) is 3.20. The molecule has 0 spiro atoms. The van der Waals surface area contributed by atoms with E-state index in [9.17, 15) is 17.6 Å². The van der Waals surface area contributed by atoms with Crippen LogP contribution in [-0.4, -0.2) is 30.1 Å². The van der Waals surface area contributed by atoms with Gasteiger partial charge in [0, 0.05) is 23.9 Å². The molecule has 0 aliphatic rings. The molecule has 4 aromatic rings. The highest BCUT2D eigenvalue weighted by Crippen LogP contribution is 2.23. The summed E-state index contributed by atoms with van der Waals surface area (Å²) in [5.74, 6) is -1.44. The van der Waals surface area contributed by atoms with Gasteiger partial charge >= 0.3 is 0 Å². The van der Waals surface area contributed by atoms with Crippen LogP contribution in [0.2, 0.25) is 0 Å². The molecule has 3 aromatic carbocycles. The lowest BCUT2D eigenvalue weighted by Crippen LogP contribution is -2.44. The molecular formula is C25H23FN4O3S. The molecule has 0 saturated heterocycles. The van der Waals surface area contributed by atoms with Crippen molar-refractivity contribution >= 4 is 15.9 Å². The number of halogens is 1. The van der Waals surface area contributed by atoms with E-state index in [2.05, 4.69) is 10.0 Å². The summed E-state index contributed by atoms with van der Waals surface area (Å²) < 4.78 is 42.9. The van der Waals surface area contributed by atoms with E-state index in [1.165, 1.54) is 19.1 Å². The summed E-state index contributed by atoms with van der Waals surface area (Å²) in [6.07, 6.45) is 1.83. The van der Waals surface area contributed by atoms with Crippen molar-refractivity contribution in [2.45, 2.75) is 24.4 Å². The van der Waals surface area contributed by atoms with Gasteiger partial charge < -0.3 is 5.32 Å². The summed E-state index contributed by atoms with van der Waals surface area (Å²) >= 11 is 0. The van der Waals surface area contributed by atoms with Crippen LogP contribution in [0.25, 0.3) is 16.9 Å². The average molecular weight is 479 g/mol. The maximum Gasteiger partial charge on any atom is 0.244 e. The Morgan fingerprint density at radius 3 is 2.26 bits per heavy atom. The molecule has 4 rings (SSSR count). The smallest absolute Gasteiger partial charge is 0.244 e. The number of nitrogens with one attached hydrogen (secondary N) is 2. The van der Waals surface area contributed by atoms with Crippen molar-refractivity contribution in [3.05, 3.63) is 103 Å². The fraction of sp³-hybridized carbons (Fsp3) is 0.120. The third-order valence-corrected chi connectivity index (χ3v) is 6.74. The van der Waals surface area contributed by atoms with E-state index < -0.39 is 32.7 Å². The van der Waals surface area contributed by atoms with Crippen molar-refractivity contribution < 1.29 is 17.6 Å². The second-order valence-electron chi connectivity index (χ2n) is 7.64. The van der Waals surface area contributed by atoms with Gasteiger partial charge in [-0.1, -0.05) is 60.7 Å². The van der Waals surface area contributed by atoms with Crippen LogP contribution in [0.5, 0.6) is 0 Å². The number of hydrogen-bond donors (Lipinski definition) is 2. The molecule has 9 heteroatoms. The number of carbonyl (C=O) groups is 1.